The van der Waals surface area contributed by atoms with Crippen LogP contribution < -0.4 is 5.43 Å². The molecule has 0 saturated heterocycles. The van der Waals surface area contributed by atoms with Crippen molar-refractivity contribution in [2.24, 2.45) is 5.10 Å². The Morgan fingerprint density at radius 1 is 1.47 bits per heavy atom. The molecule has 0 saturated carbocycles. The Morgan fingerprint density at radius 2 is 2.37 bits per heavy atom. The van der Waals surface area contributed by atoms with E-state index in [0.29, 0.717) is 5.69 Å². The molecule has 1 aliphatic carbocycles. The summed E-state index contributed by atoms with van der Waals surface area (Å²) in [5.41, 5.74) is 5.51. The summed E-state index contributed by atoms with van der Waals surface area (Å²) in [6.07, 6.45) is 10.7. The summed E-state index contributed by atoms with van der Waals surface area (Å²) in [6, 6.07) is 3.54. The minimum atomic E-state index is -0.183. The summed E-state index contributed by atoms with van der Waals surface area (Å²) >= 11 is 0. The molecule has 1 amide bonds. The Morgan fingerprint density at radius 3 is 3.11 bits per heavy atom. The standard InChI is InChI=1S/C15H21N3O/c1-2-3-4-7-12-8-5-9-13(12)17-18-15(19)14-10-6-11-16-14/h6,8,10-11,16H,2-5,7,9H2,1H3,(H,18,19)/b17-13-. The molecule has 0 aromatic carbocycles. The van der Waals surface area contributed by atoms with Gasteiger partial charge in [-0.1, -0.05) is 25.8 Å². The first-order chi connectivity index (χ1) is 9.31. The van der Waals surface area contributed by atoms with Crippen LogP contribution in [0.15, 0.2) is 35.1 Å². The van der Waals surface area contributed by atoms with E-state index in [1.807, 2.05) is 0 Å². The number of hydrogen-bond acceptors (Lipinski definition) is 2. The Labute approximate surface area is 114 Å². The van der Waals surface area contributed by atoms with Crippen LogP contribution in [0.1, 0.15) is 55.9 Å². The van der Waals surface area contributed by atoms with Gasteiger partial charge in [0.05, 0.1) is 5.71 Å². The predicted octanol–water partition coefficient (Wildman–Crippen LogP) is 3.40. The highest BCUT2D eigenvalue weighted by atomic mass is 16.2. The number of allylic oxidation sites excluding steroid dienone is 2. The van der Waals surface area contributed by atoms with E-state index in [1.165, 1.54) is 24.8 Å². The number of hydrogen-bond donors (Lipinski definition) is 2. The number of aromatic amines is 1. The van der Waals surface area contributed by atoms with Crippen LogP contribution in [0.4, 0.5) is 0 Å². The van der Waals surface area contributed by atoms with Crippen LogP contribution in [0.25, 0.3) is 0 Å². The first-order valence-corrected chi connectivity index (χ1v) is 7.01. The smallest absolute Gasteiger partial charge is 0.287 e. The monoisotopic (exact) mass is 259 g/mol. The molecular formula is C15H21N3O. The number of nitrogens with one attached hydrogen (secondary N) is 2. The van der Waals surface area contributed by atoms with Crippen LogP contribution in [-0.2, 0) is 0 Å². The van der Waals surface area contributed by atoms with Gasteiger partial charge in [-0.15, -0.1) is 0 Å². The van der Waals surface area contributed by atoms with Gasteiger partial charge in [-0.05, 0) is 43.4 Å². The molecular weight excluding hydrogens is 238 g/mol. The van der Waals surface area contributed by atoms with Gasteiger partial charge >= 0.3 is 0 Å². The minimum absolute atomic E-state index is 0.183. The van der Waals surface area contributed by atoms with Crippen LogP contribution in [0.2, 0.25) is 0 Å². The van der Waals surface area contributed by atoms with Crippen molar-refractivity contribution >= 4 is 11.6 Å². The summed E-state index contributed by atoms with van der Waals surface area (Å²) in [7, 11) is 0. The molecule has 19 heavy (non-hydrogen) atoms. The largest absolute Gasteiger partial charge is 0.357 e. The summed E-state index contributed by atoms with van der Waals surface area (Å²) in [4.78, 5) is 14.6. The van der Waals surface area contributed by atoms with E-state index in [2.05, 4.69) is 28.5 Å². The molecule has 0 unspecified atom stereocenters. The molecule has 1 heterocycles. The van der Waals surface area contributed by atoms with Gasteiger partial charge in [0.15, 0.2) is 0 Å². The van der Waals surface area contributed by atoms with Gasteiger partial charge in [0.1, 0.15) is 5.69 Å². The third-order valence-corrected chi connectivity index (χ3v) is 3.33. The number of nitrogens with zero attached hydrogens (tertiary/aromatic N) is 1. The summed E-state index contributed by atoms with van der Waals surface area (Å²) in [5, 5.41) is 4.27. The molecule has 0 bridgehead atoms. The molecule has 1 aromatic heterocycles. The van der Waals surface area contributed by atoms with Crippen molar-refractivity contribution in [1.82, 2.24) is 10.4 Å². The average molecular weight is 259 g/mol. The topological polar surface area (TPSA) is 57.2 Å². The van der Waals surface area contributed by atoms with Gasteiger partial charge < -0.3 is 4.98 Å². The lowest BCUT2D eigenvalue weighted by Gasteiger charge is -2.05. The first kappa shape index (κ1) is 13.6. The molecule has 102 valence electrons. The third kappa shape index (κ3) is 3.81. The third-order valence-electron chi connectivity index (χ3n) is 3.33. The van der Waals surface area contributed by atoms with Gasteiger partial charge in [0.25, 0.3) is 5.91 Å². The maximum Gasteiger partial charge on any atom is 0.287 e. The quantitative estimate of drug-likeness (QED) is 0.597. The van der Waals surface area contributed by atoms with Crippen LogP contribution >= 0.6 is 0 Å². The second-order valence-electron chi connectivity index (χ2n) is 4.81. The normalized spacial score (nSPS) is 16.7. The van der Waals surface area contributed by atoms with Crippen molar-refractivity contribution in [2.45, 2.75) is 45.4 Å². The highest BCUT2D eigenvalue weighted by Crippen LogP contribution is 2.21. The number of amides is 1. The highest BCUT2D eigenvalue weighted by Gasteiger charge is 2.13. The van der Waals surface area contributed by atoms with Gasteiger partial charge in [0, 0.05) is 6.20 Å². The zero-order valence-corrected chi connectivity index (χ0v) is 11.4. The first-order valence-electron chi connectivity index (χ1n) is 7.01. The maximum atomic E-state index is 11.8. The van der Waals surface area contributed by atoms with E-state index in [9.17, 15) is 4.79 Å². The van der Waals surface area contributed by atoms with Gasteiger partial charge in [-0.2, -0.15) is 5.10 Å². The molecule has 2 N–H and O–H groups in total. The summed E-state index contributed by atoms with van der Waals surface area (Å²) < 4.78 is 0. The second-order valence-corrected chi connectivity index (χ2v) is 4.81. The fourth-order valence-corrected chi connectivity index (χ4v) is 2.25. The van der Waals surface area contributed by atoms with Crippen molar-refractivity contribution in [1.29, 1.82) is 0 Å². The van der Waals surface area contributed by atoms with Crippen molar-refractivity contribution in [3.05, 3.63) is 35.7 Å². The number of carbonyl (C=O) groups excluding carboxylic acids is 1. The molecule has 1 aliphatic rings. The molecule has 0 fully saturated rings. The lowest BCUT2D eigenvalue weighted by molar-refractivity contribution is 0.0950. The number of rotatable bonds is 6. The zero-order chi connectivity index (χ0) is 13.5. The van der Waals surface area contributed by atoms with Gasteiger partial charge in [0.2, 0.25) is 0 Å². The van der Waals surface area contributed by atoms with Crippen LogP contribution in [0.5, 0.6) is 0 Å². The van der Waals surface area contributed by atoms with E-state index < -0.39 is 0 Å². The fourth-order valence-electron chi connectivity index (χ4n) is 2.25. The highest BCUT2D eigenvalue weighted by molar-refractivity contribution is 6.03. The predicted molar refractivity (Wildman–Crippen MR) is 77.2 cm³/mol. The molecule has 1 aromatic rings. The minimum Gasteiger partial charge on any atom is -0.357 e. The zero-order valence-electron chi connectivity index (χ0n) is 11.4. The molecule has 0 atom stereocenters. The number of aromatic nitrogens is 1. The van der Waals surface area contributed by atoms with Gasteiger partial charge in [-0.25, -0.2) is 5.43 Å². The number of H-pyrrole nitrogens is 1. The van der Waals surface area contributed by atoms with Crippen LogP contribution in [0.3, 0.4) is 0 Å². The average Bonchev–Trinajstić information content (AvgIpc) is 3.08. The summed E-state index contributed by atoms with van der Waals surface area (Å²) in [6.45, 7) is 2.20. The van der Waals surface area contributed by atoms with Crippen LogP contribution in [0, 0.1) is 0 Å². The number of hydrazone groups is 1. The van der Waals surface area contributed by atoms with Gasteiger partial charge in [-0.3, -0.25) is 4.79 Å². The van der Waals surface area contributed by atoms with Crippen LogP contribution in [-0.4, -0.2) is 16.6 Å². The van der Waals surface area contributed by atoms with E-state index in [-0.39, 0.29) is 5.91 Å². The molecule has 4 nitrogen and oxygen atoms in total. The van der Waals surface area contributed by atoms with E-state index in [0.717, 1.165) is 25.0 Å². The van der Waals surface area contributed by atoms with Crippen molar-refractivity contribution in [3.63, 3.8) is 0 Å². The van der Waals surface area contributed by atoms with Crippen molar-refractivity contribution in [3.8, 4) is 0 Å². The Kier molecular flexibility index (Phi) is 4.95. The molecule has 0 aliphatic heterocycles. The molecule has 2 rings (SSSR count). The summed E-state index contributed by atoms with van der Waals surface area (Å²) in [5.74, 6) is -0.183. The van der Waals surface area contributed by atoms with E-state index in [4.69, 9.17) is 0 Å². The van der Waals surface area contributed by atoms with E-state index >= 15 is 0 Å². The van der Waals surface area contributed by atoms with Crippen molar-refractivity contribution < 1.29 is 4.79 Å². The fraction of sp³-hybridized carbons (Fsp3) is 0.467. The molecule has 4 heteroatoms. The maximum absolute atomic E-state index is 11.8. The number of unbranched alkanes of at least 4 members (excludes halogenated alkanes) is 2. The van der Waals surface area contributed by atoms with Crippen molar-refractivity contribution in [2.75, 3.05) is 0 Å². The SMILES string of the molecule is CCCCCC1=CCC/C1=N/NC(=O)c1ccc[nH]1. The lowest BCUT2D eigenvalue weighted by atomic mass is 10.1. The Bertz CT molecular complexity index is 472. The Balaban J connectivity index is 1.88. The lowest BCUT2D eigenvalue weighted by Crippen LogP contribution is -2.20. The number of carbonyl (C=O) groups is 1. The molecule has 0 spiro atoms. The second kappa shape index (κ2) is 6.92. The molecule has 0 radical (unpaired) electrons. The Hall–Kier alpha value is -1.84. The van der Waals surface area contributed by atoms with E-state index in [1.54, 1.807) is 18.3 Å².